The van der Waals surface area contributed by atoms with Crippen molar-refractivity contribution in [2.75, 3.05) is 7.11 Å². The molecule has 2 atom stereocenters. The lowest BCUT2D eigenvalue weighted by molar-refractivity contribution is -0.146. The summed E-state index contributed by atoms with van der Waals surface area (Å²) in [5.41, 5.74) is 3.56. The van der Waals surface area contributed by atoms with Crippen molar-refractivity contribution < 1.29 is 28.9 Å². The number of hydrogen-bond donors (Lipinski definition) is 2. The molecule has 39 heavy (non-hydrogen) atoms. The van der Waals surface area contributed by atoms with E-state index >= 15 is 0 Å². The lowest BCUT2D eigenvalue weighted by Gasteiger charge is -2.23. The van der Waals surface area contributed by atoms with E-state index in [2.05, 4.69) is 29.0 Å². The molecule has 208 valence electrons. The number of aliphatic carboxylic acids is 1. The molecule has 2 N–H and O–H groups in total. The first-order chi connectivity index (χ1) is 18.9. The van der Waals surface area contributed by atoms with Gasteiger partial charge in [0.15, 0.2) is 6.10 Å². The summed E-state index contributed by atoms with van der Waals surface area (Å²) in [5.74, 6) is -2.39. The summed E-state index contributed by atoms with van der Waals surface area (Å²) in [5, 5.41) is 19.4. The molecule has 0 fully saturated rings. The number of methoxy groups -OCH3 is 1. The third kappa shape index (κ3) is 9.52. The molecule has 0 saturated carbocycles. The summed E-state index contributed by atoms with van der Waals surface area (Å²) in [6.45, 7) is 0. The van der Waals surface area contributed by atoms with Gasteiger partial charge in [-0.05, 0) is 60.1 Å². The van der Waals surface area contributed by atoms with Gasteiger partial charge in [-0.25, -0.2) is 14.0 Å². The van der Waals surface area contributed by atoms with Gasteiger partial charge in [-0.1, -0.05) is 86.3 Å². The van der Waals surface area contributed by atoms with Crippen molar-refractivity contribution in [2.24, 2.45) is 0 Å². The zero-order valence-corrected chi connectivity index (χ0v) is 23.2. The molecule has 0 aliphatic rings. The fraction of sp³-hybridized carbons (Fsp3) is 0.375. The van der Waals surface area contributed by atoms with E-state index in [9.17, 15) is 24.2 Å². The second-order valence-corrected chi connectivity index (χ2v) is 10.7. The normalized spacial score (nSPS) is 12.6. The Morgan fingerprint density at radius 3 is 2.15 bits per heavy atom. The number of halogens is 1. The lowest BCUT2D eigenvalue weighted by atomic mass is 9.96. The molecule has 0 aromatic heterocycles. The number of carboxylic acids is 1. The molecule has 0 aliphatic heterocycles. The number of carboxylic acid groups (broad SMARTS) is 1. The van der Waals surface area contributed by atoms with Gasteiger partial charge >= 0.3 is 11.9 Å². The number of esters is 1. The van der Waals surface area contributed by atoms with Crippen LogP contribution in [0.4, 0.5) is 4.39 Å². The first-order valence-electron chi connectivity index (χ1n) is 13.4. The number of rotatable bonds is 16. The molecule has 0 amide bonds. The molecule has 0 saturated heterocycles. The molecule has 5 nitrogen and oxygen atoms in total. The maximum absolute atomic E-state index is 14.6. The molecule has 0 bridgehead atoms. The number of ether oxygens (including phenoxy) is 1. The van der Waals surface area contributed by atoms with Crippen molar-refractivity contribution in [3.63, 3.8) is 0 Å². The van der Waals surface area contributed by atoms with Gasteiger partial charge in [0, 0.05) is 5.75 Å². The Balaban J connectivity index is 1.55. The van der Waals surface area contributed by atoms with E-state index < -0.39 is 29.1 Å². The number of carbonyl (C=O) groups excluding carboxylic acids is 1. The summed E-state index contributed by atoms with van der Waals surface area (Å²) in [4.78, 5) is 23.4. The zero-order chi connectivity index (χ0) is 28.0. The Morgan fingerprint density at radius 2 is 1.49 bits per heavy atom. The monoisotopic (exact) mass is 552 g/mol. The minimum atomic E-state index is -1.64. The third-order valence-corrected chi connectivity index (χ3v) is 8.15. The second-order valence-electron chi connectivity index (χ2n) is 9.62. The number of aliphatic hydroxyl groups excluding tert-OH is 1. The van der Waals surface area contributed by atoms with Crippen LogP contribution in [-0.2, 0) is 28.1 Å². The average molecular weight is 553 g/mol. The van der Waals surface area contributed by atoms with Gasteiger partial charge < -0.3 is 14.9 Å². The van der Waals surface area contributed by atoms with E-state index in [1.54, 1.807) is 0 Å². The summed E-state index contributed by atoms with van der Waals surface area (Å²) >= 11 is 1.18. The van der Waals surface area contributed by atoms with Gasteiger partial charge in [0.25, 0.3) is 0 Å². The number of aliphatic hydroxyl groups is 1. The van der Waals surface area contributed by atoms with Crippen molar-refractivity contribution >= 4 is 23.7 Å². The molecule has 3 aromatic carbocycles. The predicted octanol–water partition coefficient (Wildman–Crippen LogP) is 7.16. The SMILES string of the molecule is COC(=O)c1ccc(CSC(c2ccccc2CCCCCCCCc2ccccc2)C(O)C(=O)O)c(F)c1. The van der Waals surface area contributed by atoms with Crippen LogP contribution >= 0.6 is 11.8 Å². The Kier molecular flexibility index (Phi) is 12.5. The van der Waals surface area contributed by atoms with Crippen LogP contribution in [0, 0.1) is 5.82 Å². The Morgan fingerprint density at radius 1 is 0.846 bits per heavy atom. The molecular formula is C32H37FO5S. The van der Waals surface area contributed by atoms with E-state index in [0.29, 0.717) is 5.56 Å². The number of thioether (sulfide) groups is 1. The number of benzene rings is 3. The van der Waals surface area contributed by atoms with Crippen LogP contribution in [0.3, 0.4) is 0 Å². The van der Waals surface area contributed by atoms with E-state index in [0.717, 1.165) is 49.3 Å². The van der Waals surface area contributed by atoms with Crippen molar-refractivity contribution in [1.29, 1.82) is 0 Å². The molecule has 7 heteroatoms. The molecule has 0 aliphatic carbocycles. The average Bonchev–Trinajstić information content (AvgIpc) is 2.95. The smallest absolute Gasteiger partial charge is 0.337 e. The van der Waals surface area contributed by atoms with Crippen LogP contribution in [0.15, 0.2) is 72.8 Å². The fourth-order valence-electron chi connectivity index (χ4n) is 4.61. The van der Waals surface area contributed by atoms with Crippen molar-refractivity contribution in [1.82, 2.24) is 0 Å². The van der Waals surface area contributed by atoms with Crippen LogP contribution in [-0.4, -0.2) is 35.4 Å². The van der Waals surface area contributed by atoms with Crippen LogP contribution < -0.4 is 0 Å². The van der Waals surface area contributed by atoms with Crippen LogP contribution in [0.2, 0.25) is 0 Å². The maximum atomic E-state index is 14.6. The molecule has 0 spiro atoms. The largest absolute Gasteiger partial charge is 0.479 e. The van der Waals surface area contributed by atoms with E-state index in [-0.39, 0.29) is 11.3 Å². The minimum absolute atomic E-state index is 0.104. The van der Waals surface area contributed by atoms with Gasteiger partial charge in [0.1, 0.15) is 5.82 Å². The van der Waals surface area contributed by atoms with Gasteiger partial charge in [0.05, 0.1) is 17.9 Å². The van der Waals surface area contributed by atoms with Gasteiger partial charge in [-0.3, -0.25) is 0 Å². The highest BCUT2D eigenvalue weighted by atomic mass is 32.2. The molecule has 0 heterocycles. The van der Waals surface area contributed by atoms with Crippen LogP contribution in [0.5, 0.6) is 0 Å². The fourth-order valence-corrected chi connectivity index (χ4v) is 5.91. The minimum Gasteiger partial charge on any atom is -0.479 e. The summed E-state index contributed by atoms with van der Waals surface area (Å²) in [6, 6.07) is 22.2. The highest BCUT2D eigenvalue weighted by Crippen LogP contribution is 2.37. The first kappa shape index (κ1) is 30.4. The van der Waals surface area contributed by atoms with Gasteiger partial charge in [0.2, 0.25) is 0 Å². The van der Waals surface area contributed by atoms with Crippen molar-refractivity contribution in [2.45, 2.75) is 68.5 Å². The van der Waals surface area contributed by atoms with Crippen molar-refractivity contribution in [3.8, 4) is 0 Å². The lowest BCUT2D eigenvalue weighted by Crippen LogP contribution is -2.26. The standard InChI is InChI=1S/C32H37FO5S/c1-38-32(37)25-19-20-26(28(33)21-25)22-39-30(29(34)31(35)36)27-18-12-11-17-24(27)16-10-5-3-2-4-7-13-23-14-8-6-9-15-23/h6,8-9,11-12,14-15,17-21,29-30,34H,2-5,7,10,13,16,22H2,1H3,(H,35,36). The Labute approximate surface area is 234 Å². The molecule has 3 aromatic rings. The number of aryl methyl sites for hydroxylation is 2. The quantitative estimate of drug-likeness (QED) is 0.145. The number of carbonyl (C=O) groups is 2. The topological polar surface area (TPSA) is 83.8 Å². The van der Waals surface area contributed by atoms with Gasteiger partial charge in [-0.15, -0.1) is 11.8 Å². The molecular weight excluding hydrogens is 515 g/mol. The summed E-state index contributed by atoms with van der Waals surface area (Å²) in [7, 11) is 1.23. The van der Waals surface area contributed by atoms with Crippen molar-refractivity contribution in [3.05, 3.63) is 106 Å². The van der Waals surface area contributed by atoms with Crippen LogP contribution in [0.25, 0.3) is 0 Å². The second kappa shape index (κ2) is 16.1. The number of hydrogen-bond acceptors (Lipinski definition) is 5. The summed E-state index contributed by atoms with van der Waals surface area (Å²) < 4.78 is 19.3. The Hall–Kier alpha value is -3.16. The third-order valence-electron chi connectivity index (χ3n) is 6.80. The predicted molar refractivity (Wildman–Crippen MR) is 153 cm³/mol. The maximum Gasteiger partial charge on any atom is 0.337 e. The number of unbranched alkanes of at least 4 members (excludes halogenated alkanes) is 5. The summed E-state index contributed by atoms with van der Waals surface area (Å²) in [6.07, 6.45) is 7.02. The molecule has 3 rings (SSSR count). The van der Waals surface area contributed by atoms with E-state index in [4.69, 9.17) is 0 Å². The first-order valence-corrected chi connectivity index (χ1v) is 14.5. The zero-order valence-electron chi connectivity index (χ0n) is 22.4. The Bertz CT molecular complexity index is 1200. The highest BCUT2D eigenvalue weighted by molar-refractivity contribution is 7.98. The van der Waals surface area contributed by atoms with E-state index in [1.807, 2.05) is 30.3 Å². The van der Waals surface area contributed by atoms with E-state index in [1.165, 1.54) is 55.8 Å². The van der Waals surface area contributed by atoms with Gasteiger partial charge in [-0.2, -0.15) is 0 Å². The molecule has 0 radical (unpaired) electrons. The van der Waals surface area contributed by atoms with Crippen LogP contribution in [0.1, 0.15) is 76.4 Å². The highest BCUT2D eigenvalue weighted by Gasteiger charge is 2.29. The molecule has 2 unspecified atom stereocenters.